The molecule has 0 aliphatic heterocycles. The normalized spacial score (nSPS) is 13.4. The standard InChI is InChI=1S/C15H28F3NO4S.C13H26F3NO2S.C2H3ClO2.CH4.Na/c1-13(15(16,17)18)8-4-6-10-24(22,23)11-7-5-9-19(2,3)12-14(20)21;1-12(13(14,15)16)8-4-6-10-20(18,19)11-7-5-9-17(2)3;3-1-2(4)5;;/h13H,4-12H2,1-3H3;12H,4-11H2,1-3H3;1H2,(H,4,5);1H4;/q;;;;+1. The zero-order valence-corrected chi connectivity index (χ0v) is 34.9. The van der Waals surface area contributed by atoms with Crippen molar-refractivity contribution in [1.29, 1.82) is 0 Å². The Balaban J connectivity index is -0.000000238. The van der Waals surface area contributed by atoms with Gasteiger partial charge < -0.3 is 24.4 Å². The maximum Gasteiger partial charge on any atom is 1.00 e. The molecule has 51 heavy (non-hydrogen) atoms. The minimum absolute atomic E-state index is 0. The van der Waals surface area contributed by atoms with Crippen molar-refractivity contribution >= 4 is 43.2 Å². The van der Waals surface area contributed by atoms with Crippen molar-refractivity contribution in [3.63, 3.8) is 0 Å². The number of carboxylic acid groups (broad SMARTS) is 2. The van der Waals surface area contributed by atoms with Gasteiger partial charge >= 0.3 is 47.9 Å². The Kier molecular flexibility index (Phi) is 35.1. The van der Waals surface area contributed by atoms with E-state index in [0.29, 0.717) is 38.6 Å². The van der Waals surface area contributed by atoms with Crippen molar-refractivity contribution in [1.82, 2.24) is 4.90 Å². The maximum atomic E-state index is 12.3. The van der Waals surface area contributed by atoms with E-state index in [1.165, 1.54) is 0 Å². The topological polar surface area (TPSA) is 149 Å². The Morgan fingerprint density at radius 3 is 1.33 bits per heavy atom. The molecule has 304 valence electrons. The smallest absolute Gasteiger partial charge is 0.549 e. The first-order valence-electron chi connectivity index (χ1n) is 16.1. The van der Waals surface area contributed by atoms with Gasteiger partial charge in [-0.05, 0) is 72.0 Å². The Hall–Kier alpha value is -0.370. The van der Waals surface area contributed by atoms with E-state index in [9.17, 15) is 48.0 Å². The Bertz CT molecular complexity index is 1130. The van der Waals surface area contributed by atoms with Crippen LogP contribution in [0.1, 0.15) is 85.5 Å². The van der Waals surface area contributed by atoms with Crippen LogP contribution in [0.3, 0.4) is 0 Å². The molecule has 0 aromatic carbocycles. The minimum Gasteiger partial charge on any atom is -0.549 e. The molecule has 0 aliphatic rings. The van der Waals surface area contributed by atoms with Gasteiger partial charge in [0.05, 0.1) is 67.3 Å². The minimum atomic E-state index is -4.22. The molecule has 10 nitrogen and oxygen atoms in total. The van der Waals surface area contributed by atoms with Gasteiger partial charge in [0.15, 0.2) is 6.54 Å². The van der Waals surface area contributed by atoms with Crippen LogP contribution in [-0.2, 0) is 29.3 Å². The first-order chi connectivity index (χ1) is 22.1. The maximum absolute atomic E-state index is 12.3. The van der Waals surface area contributed by atoms with Gasteiger partial charge in [-0.2, -0.15) is 26.3 Å². The van der Waals surface area contributed by atoms with E-state index in [0.717, 1.165) is 26.8 Å². The van der Waals surface area contributed by atoms with Gasteiger partial charge in [0.2, 0.25) is 0 Å². The van der Waals surface area contributed by atoms with Crippen LogP contribution in [-0.4, -0.2) is 132 Å². The number of carbonyl (C=O) groups is 2. The number of quaternary nitrogens is 1. The monoisotopic (exact) mass is 825 g/mol. The Morgan fingerprint density at radius 1 is 0.745 bits per heavy atom. The van der Waals surface area contributed by atoms with Gasteiger partial charge in [-0.25, -0.2) is 21.6 Å². The number of carboxylic acids is 2. The number of aliphatic carboxylic acids is 2. The van der Waals surface area contributed by atoms with Crippen molar-refractivity contribution < 1.29 is 97.0 Å². The molecule has 0 fully saturated rings. The number of likely N-dealkylation sites (N-methyl/N-ethyl adjacent to an activating group) is 1. The molecule has 0 saturated heterocycles. The molecule has 0 saturated carbocycles. The first-order valence-corrected chi connectivity index (χ1v) is 20.2. The predicted octanol–water partition coefficient (Wildman–Crippen LogP) is 2.44. The average molecular weight is 826 g/mol. The second kappa shape index (κ2) is 29.9. The second-order valence-corrected chi connectivity index (χ2v) is 18.0. The number of hydrogen-bond donors (Lipinski definition) is 1. The Labute approximate surface area is 329 Å². The van der Waals surface area contributed by atoms with Crippen LogP contribution in [0.5, 0.6) is 0 Å². The summed E-state index contributed by atoms with van der Waals surface area (Å²) >= 11 is 4.67. The van der Waals surface area contributed by atoms with Gasteiger partial charge in [0.1, 0.15) is 19.7 Å². The zero-order chi connectivity index (χ0) is 39.1. The predicted molar refractivity (Wildman–Crippen MR) is 184 cm³/mol. The fourth-order valence-electron chi connectivity index (χ4n) is 4.13. The van der Waals surface area contributed by atoms with Crippen molar-refractivity contribution in [3.8, 4) is 0 Å². The number of halogens is 7. The van der Waals surface area contributed by atoms with Crippen LogP contribution >= 0.6 is 11.6 Å². The quantitative estimate of drug-likeness (QED) is 0.0540. The molecule has 0 bridgehead atoms. The fraction of sp³-hybridized carbons (Fsp3) is 0.935. The molecule has 20 heteroatoms. The van der Waals surface area contributed by atoms with Gasteiger partial charge in [-0.15, -0.1) is 11.6 Å². The largest absolute Gasteiger partial charge is 1.00 e. The molecule has 1 N–H and O–H groups in total. The van der Waals surface area contributed by atoms with E-state index in [2.05, 4.69) is 11.6 Å². The number of carbonyl (C=O) groups excluding carboxylic acids is 1. The van der Waals surface area contributed by atoms with Crippen molar-refractivity contribution in [2.45, 2.75) is 97.8 Å². The molecular formula is C31H61ClF6N2NaO8S2+. The number of nitrogens with zero attached hydrogens (tertiary/aromatic N) is 2. The summed E-state index contributed by atoms with van der Waals surface area (Å²) in [4.78, 5) is 21.8. The number of sulfone groups is 2. The molecule has 0 spiro atoms. The summed E-state index contributed by atoms with van der Waals surface area (Å²) in [6.07, 6.45) is -4.91. The number of rotatable bonds is 23. The third-order valence-corrected chi connectivity index (χ3v) is 11.1. The molecule has 0 aromatic rings. The summed E-state index contributed by atoms with van der Waals surface area (Å²) in [5, 5.41) is 17.9. The van der Waals surface area contributed by atoms with Crippen molar-refractivity contribution in [3.05, 3.63) is 0 Å². The average Bonchev–Trinajstić information content (AvgIpc) is 2.92. The molecule has 0 aromatic heterocycles. The summed E-state index contributed by atoms with van der Waals surface area (Å²) in [5.74, 6) is -5.28. The van der Waals surface area contributed by atoms with Crippen LogP contribution in [0.2, 0.25) is 0 Å². The third kappa shape index (κ3) is 42.2. The second-order valence-electron chi connectivity index (χ2n) is 13.1. The summed E-state index contributed by atoms with van der Waals surface area (Å²) in [5.41, 5.74) is 0. The van der Waals surface area contributed by atoms with Crippen molar-refractivity contribution in [2.75, 3.05) is 76.7 Å². The van der Waals surface area contributed by atoms with Crippen molar-refractivity contribution in [2.24, 2.45) is 11.8 Å². The Morgan fingerprint density at radius 2 is 1.06 bits per heavy atom. The van der Waals surface area contributed by atoms with Crippen LogP contribution in [0.4, 0.5) is 26.3 Å². The van der Waals surface area contributed by atoms with E-state index in [1.54, 1.807) is 14.1 Å². The summed E-state index contributed by atoms with van der Waals surface area (Å²) in [6.45, 7) is 3.62. The molecule has 0 rings (SSSR count). The van der Waals surface area contributed by atoms with E-state index in [4.69, 9.17) is 15.0 Å². The van der Waals surface area contributed by atoms with Gasteiger partial charge in [-0.1, -0.05) is 34.1 Å². The molecule has 2 unspecified atom stereocenters. The van der Waals surface area contributed by atoms with E-state index < -0.39 is 61.7 Å². The van der Waals surface area contributed by atoms with Gasteiger partial charge in [-0.3, -0.25) is 0 Å². The summed E-state index contributed by atoms with van der Waals surface area (Å²) in [7, 11) is 1.02. The van der Waals surface area contributed by atoms with E-state index in [-0.39, 0.29) is 96.7 Å². The van der Waals surface area contributed by atoms with Crippen LogP contribution in [0.15, 0.2) is 0 Å². The molecule has 0 amide bonds. The summed E-state index contributed by atoms with van der Waals surface area (Å²) < 4.78 is 121. The third-order valence-electron chi connectivity index (χ3n) is 7.25. The van der Waals surface area contributed by atoms with Crippen LogP contribution in [0, 0.1) is 11.8 Å². The van der Waals surface area contributed by atoms with Gasteiger partial charge in [0, 0.05) is 0 Å². The molecular weight excluding hydrogens is 765 g/mol. The zero-order valence-electron chi connectivity index (χ0n) is 30.5. The molecule has 0 heterocycles. The molecule has 2 atom stereocenters. The van der Waals surface area contributed by atoms with Gasteiger partial charge in [0.25, 0.3) is 0 Å². The molecule has 0 radical (unpaired) electrons. The van der Waals surface area contributed by atoms with E-state index in [1.807, 2.05) is 19.0 Å². The number of alkyl halides is 7. The van der Waals surface area contributed by atoms with Crippen LogP contribution in [0.25, 0.3) is 0 Å². The van der Waals surface area contributed by atoms with Crippen LogP contribution < -0.4 is 34.7 Å². The number of hydrogen-bond acceptors (Lipinski definition) is 8. The SMILES string of the molecule is C.CC(CCCCS(=O)(=O)CCCCN(C)C)C(F)(F)F.CC(CCCCS(=O)(=O)CCCC[N+](C)(C)CC(=O)O)C(F)(F)F.O=C([O-])CCl.[Na+]. The fourth-order valence-corrected chi connectivity index (χ4v) is 7.12. The van der Waals surface area contributed by atoms with E-state index >= 15 is 0 Å². The molecule has 0 aliphatic carbocycles. The summed E-state index contributed by atoms with van der Waals surface area (Å²) in [6, 6.07) is 0. The first kappa shape index (κ1) is 59.9. The number of unbranched alkanes of at least 4 members (excludes halogenated alkanes) is 4.